The average molecular weight is 757 g/mol. The topological polar surface area (TPSA) is 22.6 Å². The van der Waals surface area contributed by atoms with Crippen molar-refractivity contribution in [1.82, 2.24) is 4.98 Å². The van der Waals surface area contributed by atoms with E-state index in [1.807, 2.05) is 6.20 Å². The van der Waals surface area contributed by atoms with Crippen molar-refractivity contribution in [3.63, 3.8) is 0 Å². The normalized spacial score (nSPS) is 12.9. The van der Waals surface area contributed by atoms with Gasteiger partial charge in [-0.1, -0.05) is 115 Å². The molecule has 0 saturated heterocycles. The molecule has 8 aromatic carbocycles. The Morgan fingerprint density at radius 1 is 0.390 bits per heavy atom. The molecule has 0 fully saturated rings. The molecule has 0 bridgehead atoms. The summed E-state index contributed by atoms with van der Waals surface area (Å²) < 4.78 is 0. The van der Waals surface area contributed by atoms with Gasteiger partial charge in [0.05, 0.1) is 16.8 Å². The number of pyridine rings is 1. The predicted octanol–water partition coefficient (Wildman–Crippen LogP) is 14.5. The van der Waals surface area contributed by atoms with Crippen LogP contribution in [0.15, 0.2) is 225 Å². The molecule has 11 rings (SSSR count). The van der Waals surface area contributed by atoms with Gasteiger partial charge in [0.2, 0.25) is 0 Å². The first-order valence-electron chi connectivity index (χ1n) is 20.2. The third kappa shape index (κ3) is 5.49. The molecule has 4 nitrogen and oxygen atoms in total. The molecule has 1 aromatic heterocycles. The van der Waals surface area contributed by atoms with Gasteiger partial charge in [-0.15, -0.1) is 0 Å². The van der Waals surface area contributed by atoms with Crippen LogP contribution in [0.2, 0.25) is 0 Å². The van der Waals surface area contributed by atoms with Crippen molar-refractivity contribution >= 4 is 51.2 Å². The molecular weight excluding hydrogens is 717 g/mol. The van der Waals surface area contributed by atoms with Crippen LogP contribution >= 0.6 is 0 Å². The minimum atomic E-state index is -0.693. The first-order valence-corrected chi connectivity index (χ1v) is 20.2. The van der Waals surface area contributed by atoms with E-state index in [0.29, 0.717) is 0 Å². The maximum absolute atomic E-state index is 4.76. The highest BCUT2D eigenvalue weighted by atomic mass is 15.2. The fraction of sp³-hybridized carbons (Fsp3) is 0.0364. The number of para-hydroxylation sites is 5. The smallest absolute Gasteiger partial charge is 0.0756 e. The molecule has 0 unspecified atom stereocenters. The number of aryl methyl sites for hydroxylation is 1. The standard InChI is InChI=1S/C55H40N4/c1-39-27-30-49-47(35-39)48-38-56-34-33-50(48)55(49)51-36-45(57(40-17-7-2-8-18-40)41-19-9-3-10-20-41)28-31-53(51)59(44-25-15-6-16-26-44)54-32-29-46(37-52(54)55)58(42-21-11-4-12-22-42)43-23-13-5-14-24-43/h2-38H,1H3. The fourth-order valence-electron chi connectivity index (χ4n) is 9.52. The van der Waals surface area contributed by atoms with E-state index in [9.17, 15) is 0 Å². The van der Waals surface area contributed by atoms with Gasteiger partial charge >= 0.3 is 0 Å². The summed E-state index contributed by atoms with van der Waals surface area (Å²) in [6.45, 7) is 2.19. The second-order valence-corrected chi connectivity index (χ2v) is 15.3. The van der Waals surface area contributed by atoms with E-state index in [1.54, 1.807) is 0 Å². The van der Waals surface area contributed by atoms with Gasteiger partial charge < -0.3 is 14.7 Å². The molecule has 59 heavy (non-hydrogen) atoms. The first kappa shape index (κ1) is 34.5. The Balaban J connectivity index is 1.27. The number of anilines is 9. The van der Waals surface area contributed by atoms with Crippen LogP contribution in [0.3, 0.4) is 0 Å². The number of hydrogen-bond acceptors (Lipinski definition) is 4. The van der Waals surface area contributed by atoms with Crippen molar-refractivity contribution in [3.8, 4) is 11.1 Å². The highest BCUT2D eigenvalue weighted by molar-refractivity contribution is 5.98. The van der Waals surface area contributed by atoms with Gasteiger partial charge in [0, 0.05) is 57.8 Å². The summed E-state index contributed by atoms with van der Waals surface area (Å²) >= 11 is 0. The van der Waals surface area contributed by atoms with Crippen LogP contribution in [-0.4, -0.2) is 4.98 Å². The number of hydrogen-bond donors (Lipinski definition) is 0. The van der Waals surface area contributed by atoms with Crippen LogP contribution < -0.4 is 14.7 Å². The quantitative estimate of drug-likeness (QED) is 0.161. The van der Waals surface area contributed by atoms with E-state index in [0.717, 1.165) is 56.7 Å². The van der Waals surface area contributed by atoms with Crippen molar-refractivity contribution < 1.29 is 0 Å². The zero-order valence-corrected chi connectivity index (χ0v) is 32.7. The lowest BCUT2D eigenvalue weighted by molar-refractivity contribution is 0.751. The van der Waals surface area contributed by atoms with Crippen LogP contribution in [0.5, 0.6) is 0 Å². The van der Waals surface area contributed by atoms with Crippen molar-refractivity contribution in [1.29, 1.82) is 0 Å². The third-order valence-electron chi connectivity index (χ3n) is 11.9. The molecule has 0 amide bonds. The van der Waals surface area contributed by atoms with Crippen LogP contribution in [-0.2, 0) is 5.41 Å². The molecule has 9 aromatic rings. The average Bonchev–Trinajstić information content (AvgIpc) is 3.58. The number of aromatic nitrogens is 1. The van der Waals surface area contributed by atoms with Crippen molar-refractivity contribution in [3.05, 3.63) is 253 Å². The summed E-state index contributed by atoms with van der Waals surface area (Å²) in [7, 11) is 0. The van der Waals surface area contributed by atoms with Gasteiger partial charge in [-0.25, -0.2) is 0 Å². The molecule has 4 heteroatoms. The summed E-state index contributed by atoms with van der Waals surface area (Å²) in [6, 6.07) is 77.0. The highest BCUT2D eigenvalue weighted by Gasteiger charge is 2.52. The molecule has 280 valence electrons. The van der Waals surface area contributed by atoms with E-state index in [4.69, 9.17) is 4.98 Å². The molecule has 0 saturated carbocycles. The van der Waals surface area contributed by atoms with E-state index < -0.39 is 5.41 Å². The summed E-state index contributed by atoms with van der Waals surface area (Å²) in [4.78, 5) is 12.0. The number of nitrogens with zero attached hydrogens (tertiary/aromatic N) is 4. The second-order valence-electron chi connectivity index (χ2n) is 15.3. The van der Waals surface area contributed by atoms with Crippen molar-refractivity contribution in [2.45, 2.75) is 12.3 Å². The van der Waals surface area contributed by atoms with Crippen molar-refractivity contribution in [2.75, 3.05) is 14.7 Å². The predicted molar refractivity (Wildman–Crippen MR) is 244 cm³/mol. The van der Waals surface area contributed by atoms with Gasteiger partial charge in [0.15, 0.2) is 0 Å². The van der Waals surface area contributed by atoms with E-state index in [-0.39, 0.29) is 0 Å². The van der Waals surface area contributed by atoms with Gasteiger partial charge in [-0.05, 0) is 138 Å². The summed E-state index contributed by atoms with van der Waals surface area (Å²) in [5.74, 6) is 0. The lowest BCUT2D eigenvalue weighted by atomic mass is 9.64. The monoisotopic (exact) mass is 756 g/mol. The molecule has 1 aliphatic carbocycles. The molecule has 1 spiro atoms. The Bertz CT molecular complexity index is 2740. The molecule has 1 aliphatic heterocycles. The maximum Gasteiger partial charge on any atom is 0.0756 e. The van der Waals surface area contributed by atoms with Gasteiger partial charge in [0.25, 0.3) is 0 Å². The van der Waals surface area contributed by atoms with Crippen LogP contribution in [0.25, 0.3) is 11.1 Å². The van der Waals surface area contributed by atoms with Crippen molar-refractivity contribution in [2.24, 2.45) is 0 Å². The lowest BCUT2D eigenvalue weighted by Gasteiger charge is -2.46. The van der Waals surface area contributed by atoms with Crippen LogP contribution in [0.4, 0.5) is 51.2 Å². The fourth-order valence-corrected chi connectivity index (χ4v) is 9.52. The number of benzene rings is 8. The molecule has 0 N–H and O–H groups in total. The number of fused-ring (bicyclic) bond motifs is 9. The van der Waals surface area contributed by atoms with E-state index >= 15 is 0 Å². The van der Waals surface area contributed by atoms with Gasteiger partial charge in [-0.3, -0.25) is 4.98 Å². The molecule has 2 heterocycles. The summed E-state index contributed by atoms with van der Waals surface area (Å²) in [5, 5.41) is 0. The zero-order chi connectivity index (χ0) is 39.3. The zero-order valence-electron chi connectivity index (χ0n) is 32.7. The largest absolute Gasteiger partial charge is 0.310 e. The molecule has 2 aliphatic rings. The van der Waals surface area contributed by atoms with Gasteiger partial charge in [0.1, 0.15) is 0 Å². The summed E-state index contributed by atoms with van der Waals surface area (Å²) in [6.07, 6.45) is 4.04. The third-order valence-corrected chi connectivity index (χ3v) is 11.9. The van der Waals surface area contributed by atoms with Gasteiger partial charge in [-0.2, -0.15) is 0 Å². The Morgan fingerprint density at radius 2 is 0.831 bits per heavy atom. The molecule has 0 atom stereocenters. The minimum absolute atomic E-state index is 0.693. The van der Waals surface area contributed by atoms with Crippen LogP contribution in [0, 0.1) is 6.92 Å². The SMILES string of the molecule is Cc1ccc2c(c1)-c1cnccc1C21c2cc(N(c3ccccc3)c3ccccc3)ccc2N(c2ccccc2)c2ccc(N(c3ccccc3)c3ccccc3)cc21. The molecule has 0 radical (unpaired) electrons. The first-order chi connectivity index (χ1) is 29.2. The second kappa shape index (κ2) is 14.0. The minimum Gasteiger partial charge on any atom is -0.310 e. The maximum atomic E-state index is 4.76. The Morgan fingerprint density at radius 3 is 1.31 bits per heavy atom. The Kier molecular flexibility index (Phi) is 8.23. The summed E-state index contributed by atoms with van der Waals surface area (Å²) in [5.41, 5.74) is 17.8. The van der Waals surface area contributed by atoms with E-state index in [1.165, 1.54) is 33.4 Å². The van der Waals surface area contributed by atoms with E-state index in [2.05, 4.69) is 240 Å². The Hall–Kier alpha value is -7.69. The Labute approximate surface area is 345 Å². The number of rotatable bonds is 7. The highest BCUT2D eigenvalue weighted by Crippen LogP contribution is 2.64. The lowest BCUT2D eigenvalue weighted by Crippen LogP contribution is -2.36. The molecular formula is C55H40N4. The van der Waals surface area contributed by atoms with Crippen LogP contribution in [0.1, 0.15) is 27.8 Å².